The third-order valence-electron chi connectivity index (χ3n) is 6.01. The van der Waals surface area contributed by atoms with E-state index < -0.39 is 17.9 Å². The number of carbonyl (C=O) groups is 3. The molecule has 0 aliphatic carbocycles. The molecule has 0 fully saturated rings. The van der Waals surface area contributed by atoms with Gasteiger partial charge in [-0.25, -0.2) is 4.79 Å². The predicted molar refractivity (Wildman–Crippen MR) is 127 cm³/mol. The van der Waals surface area contributed by atoms with Crippen molar-refractivity contribution >= 4 is 17.8 Å². The Hall–Kier alpha value is -1.59. The Morgan fingerprint density at radius 1 is 0.710 bits per heavy atom. The van der Waals surface area contributed by atoms with E-state index in [0.717, 1.165) is 25.2 Å². The zero-order chi connectivity index (χ0) is 23.3. The maximum Gasteiger partial charge on any atom is 0.326 e. The monoisotopic (exact) mass is 440 g/mol. The molecule has 0 saturated carbocycles. The minimum absolute atomic E-state index is 0.0361. The highest BCUT2D eigenvalue weighted by Gasteiger charge is 2.20. The van der Waals surface area contributed by atoms with E-state index in [0.29, 0.717) is 6.42 Å². The second kappa shape index (κ2) is 20.3. The highest BCUT2D eigenvalue weighted by molar-refractivity contribution is 5.84. The highest BCUT2D eigenvalue weighted by Crippen LogP contribution is 2.23. The van der Waals surface area contributed by atoms with Crippen molar-refractivity contribution in [2.24, 2.45) is 11.7 Å². The van der Waals surface area contributed by atoms with Crippen molar-refractivity contribution in [1.82, 2.24) is 5.32 Å². The van der Waals surface area contributed by atoms with Crippen molar-refractivity contribution in [3.63, 3.8) is 0 Å². The lowest BCUT2D eigenvalue weighted by atomic mass is 9.90. The molecule has 182 valence electrons. The van der Waals surface area contributed by atoms with Crippen molar-refractivity contribution in [2.75, 3.05) is 0 Å². The maximum absolute atomic E-state index is 11.9. The summed E-state index contributed by atoms with van der Waals surface area (Å²) in [4.78, 5) is 33.8. The van der Waals surface area contributed by atoms with Crippen LogP contribution in [0.5, 0.6) is 0 Å². The predicted octanol–water partition coefficient (Wildman–Crippen LogP) is 5.72. The van der Waals surface area contributed by atoms with Gasteiger partial charge in [0.15, 0.2) is 0 Å². The number of hydrogen-bond donors (Lipinski definition) is 3. The number of carboxylic acid groups (broad SMARTS) is 1. The first-order valence-corrected chi connectivity index (χ1v) is 12.7. The average molecular weight is 441 g/mol. The molecule has 0 rings (SSSR count). The molecule has 6 nitrogen and oxygen atoms in total. The van der Waals surface area contributed by atoms with Gasteiger partial charge in [0.05, 0.1) is 0 Å². The summed E-state index contributed by atoms with van der Waals surface area (Å²) >= 11 is 0. The maximum atomic E-state index is 11.9. The molecule has 6 heteroatoms. The van der Waals surface area contributed by atoms with E-state index in [1.54, 1.807) is 0 Å². The Bertz CT molecular complexity index is 474. The zero-order valence-electron chi connectivity index (χ0n) is 20.1. The molecular weight excluding hydrogens is 392 g/mol. The fourth-order valence-electron chi connectivity index (χ4n) is 4.01. The number of amides is 2. The Kier molecular flexibility index (Phi) is 19.3. The number of carbonyl (C=O) groups excluding carboxylic acids is 2. The molecule has 2 amide bonds. The molecular formula is C25H48N2O4. The summed E-state index contributed by atoms with van der Waals surface area (Å²) in [5, 5.41) is 11.6. The quantitative estimate of drug-likeness (QED) is 0.187. The van der Waals surface area contributed by atoms with E-state index in [9.17, 15) is 14.4 Å². The second-order valence-electron chi connectivity index (χ2n) is 8.98. The molecule has 0 spiro atoms. The number of carboxylic acids is 1. The summed E-state index contributed by atoms with van der Waals surface area (Å²) in [5.74, 6) is -1.02. The first kappa shape index (κ1) is 29.4. The lowest BCUT2D eigenvalue weighted by molar-refractivity contribution is -0.142. The summed E-state index contributed by atoms with van der Waals surface area (Å²) in [6, 6.07) is -1.04. The zero-order valence-corrected chi connectivity index (χ0v) is 20.1. The molecule has 0 saturated heterocycles. The first-order valence-electron chi connectivity index (χ1n) is 12.7. The standard InChI is InChI=1S/C25H48N2O4/c1-3-5-15-21(16-6-4-2)17-13-11-9-7-8-10-12-14-18-24(29)27-22(25(30)31)19-20-23(26)28/h21-22H,3-20H2,1-2H3,(H2,26,28)(H,27,29)(H,30,31)/t22-/m0/s1. The summed E-state index contributed by atoms with van der Waals surface area (Å²) in [5.41, 5.74) is 5.04. The van der Waals surface area contributed by atoms with Crippen LogP contribution >= 0.6 is 0 Å². The van der Waals surface area contributed by atoms with Gasteiger partial charge in [0, 0.05) is 12.8 Å². The van der Waals surface area contributed by atoms with Crippen LogP contribution in [0.1, 0.15) is 129 Å². The topological polar surface area (TPSA) is 109 Å². The Morgan fingerprint density at radius 2 is 1.19 bits per heavy atom. The van der Waals surface area contributed by atoms with Gasteiger partial charge in [-0.05, 0) is 18.8 Å². The van der Waals surface area contributed by atoms with Crippen molar-refractivity contribution in [1.29, 1.82) is 0 Å². The minimum atomic E-state index is -1.13. The van der Waals surface area contributed by atoms with E-state index >= 15 is 0 Å². The lowest BCUT2D eigenvalue weighted by Gasteiger charge is -2.16. The van der Waals surface area contributed by atoms with Gasteiger partial charge in [0.2, 0.25) is 11.8 Å². The molecule has 0 unspecified atom stereocenters. The van der Waals surface area contributed by atoms with Crippen molar-refractivity contribution in [3.05, 3.63) is 0 Å². The molecule has 0 heterocycles. The molecule has 31 heavy (non-hydrogen) atoms. The first-order chi connectivity index (χ1) is 14.9. The van der Waals surface area contributed by atoms with Crippen LogP contribution in [0.2, 0.25) is 0 Å². The van der Waals surface area contributed by atoms with Crippen LogP contribution < -0.4 is 11.1 Å². The van der Waals surface area contributed by atoms with Crippen LogP contribution in [0.15, 0.2) is 0 Å². The summed E-state index contributed by atoms with van der Waals surface area (Å²) in [7, 11) is 0. The number of nitrogens with two attached hydrogens (primary N) is 1. The van der Waals surface area contributed by atoms with Crippen LogP contribution in [0, 0.1) is 5.92 Å². The molecule has 0 aromatic rings. The van der Waals surface area contributed by atoms with Gasteiger partial charge >= 0.3 is 5.97 Å². The van der Waals surface area contributed by atoms with E-state index in [1.165, 1.54) is 77.0 Å². The molecule has 0 aromatic carbocycles. The van der Waals surface area contributed by atoms with Crippen LogP contribution in [-0.4, -0.2) is 28.9 Å². The Morgan fingerprint density at radius 3 is 1.68 bits per heavy atom. The van der Waals surface area contributed by atoms with Crippen molar-refractivity contribution < 1.29 is 19.5 Å². The van der Waals surface area contributed by atoms with Gasteiger partial charge in [-0.2, -0.15) is 0 Å². The minimum Gasteiger partial charge on any atom is -0.480 e. The van der Waals surface area contributed by atoms with Crippen LogP contribution in [-0.2, 0) is 14.4 Å². The van der Waals surface area contributed by atoms with Crippen molar-refractivity contribution in [2.45, 2.75) is 135 Å². The van der Waals surface area contributed by atoms with E-state index in [4.69, 9.17) is 10.8 Å². The van der Waals surface area contributed by atoms with Gasteiger partial charge in [-0.1, -0.05) is 104 Å². The Labute approximate surface area is 190 Å². The average Bonchev–Trinajstić information content (AvgIpc) is 2.73. The van der Waals surface area contributed by atoms with Gasteiger partial charge in [-0.3, -0.25) is 9.59 Å². The number of primary amides is 1. The molecule has 0 bridgehead atoms. The number of nitrogens with one attached hydrogen (secondary N) is 1. The highest BCUT2D eigenvalue weighted by atomic mass is 16.4. The number of hydrogen-bond acceptors (Lipinski definition) is 3. The third-order valence-corrected chi connectivity index (χ3v) is 6.01. The van der Waals surface area contributed by atoms with E-state index in [-0.39, 0.29) is 18.7 Å². The Balaban J connectivity index is 3.69. The lowest BCUT2D eigenvalue weighted by Crippen LogP contribution is -2.41. The normalized spacial score (nSPS) is 12.1. The fourth-order valence-corrected chi connectivity index (χ4v) is 4.01. The van der Waals surface area contributed by atoms with Crippen LogP contribution in [0.3, 0.4) is 0 Å². The summed E-state index contributed by atoms with van der Waals surface area (Å²) in [6.07, 6.45) is 19.2. The third kappa shape index (κ3) is 18.9. The molecule has 0 radical (unpaired) electrons. The number of rotatable bonds is 22. The molecule has 1 atom stereocenters. The SMILES string of the molecule is CCCCC(CCCC)CCCCCCCCCCC(=O)N[C@@H](CCC(N)=O)C(=O)O. The van der Waals surface area contributed by atoms with Crippen LogP contribution in [0.25, 0.3) is 0 Å². The summed E-state index contributed by atoms with van der Waals surface area (Å²) in [6.45, 7) is 4.56. The molecule has 0 aliphatic rings. The number of unbranched alkanes of at least 4 members (excludes halogenated alkanes) is 9. The van der Waals surface area contributed by atoms with E-state index in [2.05, 4.69) is 19.2 Å². The van der Waals surface area contributed by atoms with Crippen LogP contribution in [0.4, 0.5) is 0 Å². The van der Waals surface area contributed by atoms with Crippen molar-refractivity contribution in [3.8, 4) is 0 Å². The smallest absolute Gasteiger partial charge is 0.326 e. The van der Waals surface area contributed by atoms with Gasteiger partial charge in [0.1, 0.15) is 6.04 Å². The van der Waals surface area contributed by atoms with E-state index in [1.807, 2.05) is 0 Å². The molecule has 4 N–H and O–H groups in total. The molecule has 0 aliphatic heterocycles. The van der Waals surface area contributed by atoms with Gasteiger partial charge < -0.3 is 16.2 Å². The fraction of sp³-hybridized carbons (Fsp3) is 0.880. The largest absolute Gasteiger partial charge is 0.480 e. The second-order valence-corrected chi connectivity index (χ2v) is 8.98. The number of aliphatic carboxylic acids is 1. The van der Waals surface area contributed by atoms with Gasteiger partial charge in [0.25, 0.3) is 0 Å². The molecule has 0 aromatic heterocycles. The van der Waals surface area contributed by atoms with Gasteiger partial charge in [-0.15, -0.1) is 0 Å². The summed E-state index contributed by atoms with van der Waals surface area (Å²) < 4.78 is 0.